The van der Waals surface area contributed by atoms with Crippen LogP contribution in [0.4, 0.5) is 0 Å². The highest BCUT2D eigenvalue weighted by Gasteiger charge is 2.45. The van der Waals surface area contributed by atoms with Crippen molar-refractivity contribution in [1.29, 1.82) is 0 Å². The predicted octanol–water partition coefficient (Wildman–Crippen LogP) is 3.97. The molecule has 2 unspecified atom stereocenters. The first kappa shape index (κ1) is 27.6. The van der Waals surface area contributed by atoms with Crippen LogP contribution in [-0.2, 0) is 28.4 Å². The molecule has 3 aliphatic rings. The normalized spacial score (nSPS) is 23.8. The van der Waals surface area contributed by atoms with Crippen LogP contribution in [0.15, 0.2) is 23.4 Å². The summed E-state index contributed by atoms with van der Waals surface area (Å²) in [4.78, 5) is 37.2. The lowest BCUT2D eigenvalue weighted by atomic mass is 9.87. The van der Waals surface area contributed by atoms with Gasteiger partial charge in [0.15, 0.2) is 0 Å². The highest BCUT2D eigenvalue weighted by Crippen LogP contribution is 2.36. The van der Waals surface area contributed by atoms with Crippen LogP contribution in [-0.4, -0.2) is 35.3 Å². The first-order chi connectivity index (χ1) is 17.0. The van der Waals surface area contributed by atoms with Crippen LogP contribution >= 0.6 is 12.0 Å². The van der Waals surface area contributed by atoms with Crippen LogP contribution in [0.25, 0.3) is 0 Å². The summed E-state index contributed by atoms with van der Waals surface area (Å²) < 4.78 is 15.3. The van der Waals surface area contributed by atoms with Crippen molar-refractivity contribution in [2.75, 3.05) is 13.2 Å². The molecular formula is C24H34NO9S-. The summed E-state index contributed by atoms with van der Waals surface area (Å²) in [6.07, 6.45) is 15.2. The monoisotopic (exact) mass is 512 g/mol. The molecule has 2 atom stereocenters. The Morgan fingerprint density at radius 2 is 1.51 bits per heavy atom. The van der Waals surface area contributed by atoms with E-state index in [9.17, 15) is 25.0 Å². The quantitative estimate of drug-likeness (QED) is 0.124. The lowest BCUT2D eigenvalue weighted by Gasteiger charge is -2.27. The molecule has 0 heterocycles. The zero-order valence-corrected chi connectivity index (χ0v) is 20.7. The fourth-order valence-electron chi connectivity index (χ4n) is 5.27. The van der Waals surface area contributed by atoms with Crippen molar-refractivity contribution in [1.82, 2.24) is 0 Å². The fraction of sp³-hybridized carbons (Fsp3) is 0.750. The molecule has 2 fully saturated rings. The van der Waals surface area contributed by atoms with Gasteiger partial charge in [0, 0.05) is 18.1 Å². The minimum atomic E-state index is -1.37. The van der Waals surface area contributed by atoms with Gasteiger partial charge < -0.3 is 14.7 Å². The number of nitro groups is 1. The van der Waals surface area contributed by atoms with Crippen molar-refractivity contribution in [2.45, 2.75) is 82.3 Å². The summed E-state index contributed by atoms with van der Waals surface area (Å²) in [6, 6.07) is 0. The molecule has 0 aromatic heterocycles. The number of ether oxygens (including phenoxy) is 2. The summed E-state index contributed by atoms with van der Waals surface area (Å²) in [7, 11) is 0. The molecule has 0 radical (unpaired) electrons. The molecular weight excluding hydrogens is 478 g/mol. The SMILES string of the molecule is O=C(OCCC1CCCCC1)C1=C([N+](=O)[O-])C=CC(SOO[O-])C1C(=O)OCCC1CCCCC1. The molecule has 196 valence electrons. The van der Waals surface area contributed by atoms with E-state index in [0.717, 1.165) is 57.4 Å². The van der Waals surface area contributed by atoms with E-state index in [0.29, 0.717) is 36.7 Å². The van der Waals surface area contributed by atoms with E-state index in [-0.39, 0.29) is 13.2 Å². The van der Waals surface area contributed by atoms with Gasteiger partial charge in [-0.15, -0.1) is 0 Å². The van der Waals surface area contributed by atoms with Gasteiger partial charge in [-0.05, 0) is 24.7 Å². The maximum atomic E-state index is 13.1. The third-order valence-corrected chi connectivity index (χ3v) is 7.97. The smallest absolute Gasteiger partial charge is 0.341 e. The number of hydrogen-bond donors (Lipinski definition) is 0. The number of carbonyl (C=O) groups is 2. The van der Waals surface area contributed by atoms with Gasteiger partial charge in [0.05, 0.1) is 23.4 Å². The Bertz CT molecular complexity index is 788. The van der Waals surface area contributed by atoms with E-state index in [1.165, 1.54) is 18.9 Å². The molecule has 2 saturated carbocycles. The highest BCUT2D eigenvalue weighted by molar-refractivity contribution is 7.95. The third kappa shape index (κ3) is 8.30. The molecule has 0 N–H and O–H groups in total. The van der Waals surface area contributed by atoms with Gasteiger partial charge in [-0.3, -0.25) is 19.9 Å². The van der Waals surface area contributed by atoms with Gasteiger partial charge in [0.25, 0.3) is 5.70 Å². The van der Waals surface area contributed by atoms with E-state index in [1.54, 1.807) is 0 Å². The molecule has 11 heteroatoms. The number of rotatable bonds is 12. The summed E-state index contributed by atoms with van der Waals surface area (Å²) in [5.41, 5.74) is -0.919. The van der Waals surface area contributed by atoms with Crippen LogP contribution in [0.1, 0.15) is 77.0 Å². The molecule has 3 aliphatic carbocycles. The molecule has 0 saturated heterocycles. The van der Waals surface area contributed by atoms with Gasteiger partial charge in [-0.25, -0.2) is 4.79 Å². The third-order valence-electron chi connectivity index (χ3n) is 7.19. The van der Waals surface area contributed by atoms with Crippen molar-refractivity contribution in [3.05, 3.63) is 33.5 Å². The van der Waals surface area contributed by atoms with Gasteiger partial charge in [0.2, 0.25) is 0 Å². The summed E-state index contributed by atoms with van der Waals surface area (Å²) in [5.74, 6) is -2.16. The average Bonchev–Trinajstić information content (AvgIpc) is 2.87. The van der Waals surface area contributed by atoms with E-state index in [2.05, 4.69) is 9.37 Å². The van der Waals surface area contributed by atoms with Crippen molar-refractivity contribution < 1.29 is 38.6 Å². The van der Waals surface area contributed by atoms with Crippen molar-refractivity contribution in [3.63, 3.8) is 0 Å². The Balaban J connectivity index is 1.70. The Kier molecular flexibility index (Phi) is 11.5. The zero-order chi connectivity index (χ0) is 25.0. The van der Waals surface area contributed by atoms with Crippen molar-refractivity contribution >= 4 is 24.0 Å². The molecule has 0 amide bonds. The summed E-state index contributed by atoms with van der Waals surface area (Å²) in [5, 5.41) is 24.6. The highest BCUT2D eigenvalue weighted by atomic mass is 32.2. The summed E-state index contributed by atoms with van der Waals surface area (Å²) >= 11 is 0.490. The van der Waals surface area contributed by atoms with Crippen LogP contribution in [0.5, 0.6) is 0 Å². The minimum absolute atomic E-state index is 0.114. The molecule has 3 rings (SSSR count). The number of allylic oxidation sites excluding steroid dienone is 1. The second-order valence-corrected chi connectivity index (χ2v) is 10.4. The maximum absolute atomic E-state index is 13.1. The number of esters is 2. The van der Waals surface area contributed by atoms with E-state index >= 15 is 0 Å². The molecule has 0 aromatic carbocycles. The largest absolute Gasteiger partial charge is 0.691 e. The van der Waals surface area contributed by atoms with Crippen molar-refractivity contribution in [3.8, 4) is 0 Å². The van der Waals surface area contributed by atoms with Gasteiger partial charge in [-0.2, -0.15) is 4.33 Å². The second-order valence-electron chi connectivity index (χ2n) is 9.48. The Morgan fingerprint density at radius 1 is 0.943 bits per heavy atom. The van der Waals surface area contributed by atoms with E-state index in [1.807, 2.05) is 0 Å². The maximum Gasteiger partial charge on any atom is 0.341 e. The minimum Gasteiger partial charge on any atom is -0.691 e. The standard InChI is InChI=1S/C24H35NO9S/c26-23(31-15-13-17-7-3-1-4-8-17)21-19(25(28)29)11-12-20(35-34-33-30)22(21)24(27)32-16-14-18-9-5-2-6-10-18/h11-12,17-18,20,22,30H,1-10,13-16H2/p-1. The fourth-order valence-corrected chi connectivity index (χ4v) is 5.89. The van der Waals surface area contributed by atoms with Crippen LogP contribution in [0.3, 0.4) is 0 Å². The second kappa shape index (κ2) is 14.6. The van der Waals surface area contributed by atoms with Crippen molar-refractivity contribution in [2.24, 2.45) is 17.8 Å². The Hall–Kier alpha value is -1.95. The number of carbonyl (C=O) groups excluding carboxylic acids is 2. The van der Waals surface area contributed by atoms with Crippen LogP contribution < -0.4 is 5.26 Å². The van der Waals surface area contributed by atoms with Gasteiger partial charge >= 0.3 is 11.9 Å². The van der Waals surface area contributed by atoms with E-state index in [4.69, 9.17) is 9.47 Å². The summed E-state index contributed by atoms with van der Waals surface area (Å²) in [6.45, 7) is 0.265. The average molecular weight is 513 g/mol. The van der Waals surface area contributed by atoms with Gasteiger partial charge in [0.1, 0.15) is 11.5 Å². The lowest BCUT2D eigenvalue weighted by molar-refractivity contribution is -0.777. The molecule has 0 spiro atoms. The molecule has 35 heavy (non-hydrogen) atoms. The molecule has 0 aliphatic heterocycles. The zero-order valence-electron chi connectivity index (χ0n) is 19.9. The molecule has 0 bridgehead atoms. The van der Waals surface area contributed by atoms with E-state index < -0.39 is 39.3 Å². The van der Waals surface area contributed by atoms with Gasteiger partial charge in [-0.1, -0.05) is 70.3 Å². The molecule has 0 aromatic rings. The molecule has 10 nitrogen and oxygen atoms in total. The first-order valence-electron chi connectivity index (χ1n) is 12.5. The number of hydrogen-bond acceptors (Lipinski definition) is 10. The van der Waals surface area contributed by atoms with Crippen LogP contribution in [0, 0.1) is 27.9 Å². The first-order valence-corrected chi connectivity index (χ1v) is 13.3. The topological polar surface area (TPSA) is 137 Å². The number of nitrogens with zero attached hydrogens (tertiary/aromatic N) is 1. The van der Waals surface area contributed by atoms with Crippen LogP contribution in [0.2, 0.25) is 0 Å². The lowest BCUT2D eigenvalue weighted by Crippen LogP contribution is -2.36. The predicted molar refractivity (Wildman–Crippen MR) is 125 cm³/mol. The Labute approximate surface area is 209 Å². The Morgan fingerprint density at radius 3 is 2.06 bits per heavy atom.